The van der Waals surface area contributed by atoms with Crippen LogP contribution in [0.2, 0.25) is 0 Å². The van der Waals surface area contributed by atoms with E-state index in [0.717, 1.165) is 5.56 Å². The highest BCUT2D eigenvalue weighted by molar-refractivity contribution is 6.17. The summed E-state index contributed by atoms with van der Waals surface area (Å²) in [5, 5.41) is 0. The lowest BCUT2D eigenvalue weighted by atomic mass is 9.96. The Balaban J connectivity index is 1.76. The molecule has 2 aliphatic rings. The first-order valence-electron chi connectivity index (χ1n) is 10.2. The van der Waals surface area contributed by atoms with Crippen LogP contribution in [-0.4, -0.2) is 33.1 Å². The molecule has 3 aromatic carbocycles. The predicted molar refractivity (Wildman–Crippen MR) is 119 cm³/mol. The molecule has 2 heterocycles. The third-order valence-electron chi connectivity index (χ3n) is 6.01. The van der Waals surface area contributed by atoms with Crippen molar-refractivity contribution >= 4 is 23.2 Å². The average Bonchev–Trinajstić information content (AvgIpc) is 3.05. The molecule has 7 heteroatoms. The molecular weight excluding hydrogens is 408 g/mol. The molecule has 3 aromatic rings. The number of likely N-dealkylation sites (N-methyl/N-ethyl adjacent to an activating group) is 1. The van der Waals surface area contributed by atoms with Gasteiger partial charge in [-0.25, -0.2) is 0 Å². The molecule has 0 fully saturated rings. The van der Waals surface area contributed by atoms with Gasteiger partial charge < -0.3 is 19.1 Å². The molecule has 1 atom stereocenters. The average molecular weight is 430 g/mol. The van der Waals surface area contributed by atoms with Crippen LogP contribution in [0.25, 0.3) is 0 Å². The van der Waals surface area contributed by atoms with Crippen molar-refractivity contribution in [2.45, 2.75) is 12.3 Å². The van der Waals surface area contributed by atoms with Crippen molar-refractivity contribution in [3.63, 3.8) is 0 Å². The monoisotopic (exact) mass is 430 g/mol. The van der Waals surface area contributed by atoms with Crippen molar-refractivity contribution < 1.29 is 23.8 Å². The Bertz CT molecular complexity index is 1220. The summed E-state index contributed by atoms with van der Waals surface area (Å²) in [7, 11) is 4.74. The van der Waals surface area contributed by atoms with Crippen molar-refractivity contribution in [2.75, 3.05) is 31.1 Å². The van der Waals surface area contributed by atoms with Gasteiger partial charge in [-0.2, -0.15) is 0 Å². The molecule has 0 saturated heterocycles. The second-order valence-electron chi connectivity index (χ2n) is 7.68. The number of benzene rings is 3. The summed E-state index contributed by atoms with van der Waals surface area (Å²) < 4.78 is 17.0. The Morgan fingerprint density at radius 3 is 2.25 bits per heavy atom. The number of hydrogen-bond donors (Lipinski definition) is 0. The van der Waals surface area contributed by atoms with E-state index in [1.54, 1.807) is 25.2 Å². The van der Waals surface area contributed by atoms with Crippen LogP contribution in [0, 0.1) is 0 Å². The lowest BCUT2D eigenvalue weighted by Crippen LogP contribution is -2.59. The molecule has 0 unspecified atom stereocenters. The molecule has 0 aliphatic carbocycles. The van der Waals surface area contributed by atoms with Crippen molar-refractivity contribution in [1.82, 2.24) is 0 Å². The number of para-hydroxylation sites is 2. The molecule has 32 heavy (non-hydrogen) atoms. The maximum Gasteiger partial charge on any atom is 0.285 e. The lowest BCUT2D eigenvalue weighted by molar-refractivity contribution is -0.146. The summed E-state index contributed by atoms with van der Waals surface area (Å²) in [4.78, 5) is 30.8. The number of amides is 2. The van der Waals surface area contributed by atoms with Gasteiger partial charge >= 0.3 is 0 Å². The zero-order valence-corrected chi connectivity index (χ0v) is 18.0. The SMILES string of the molecule is COc1cc(OC)cc(C(=O)N2c3ccccc3CO[C@@]23C(=O)N(C)c2ccccc23)c1. The quantitative estimate of drug-likeness (QED) is 0.634. The molecule has 0 N–H and O–H groups in total. The minimum atomic E-state index is -1.60. The second-order valence-corrected chi connectivity index (χ2v) is 7.68. The van der Waals surface area contributed by atoms with E-state index in [0.29, 0.717) is 34.0 Å². The van der Waals surface area contributed by atoms with Gasteiger partial charge in [0.25, 0.3) is 17.5 Å². The molecule has 2 aliphatic heterocycles. The molecule has 0 bridgehead atoms. The zero-order valence-electron chi connectivity index (χ0n) is 18.0. The number of anilines is 2. The minimum absolute atomic E-state index is 0.204. The van der Waals surface area contributed by atoms with Crippen molar-refractivity contribution in [3.8, 4) is 11.5 Å². The van der Waals surface area contributed by atoms with Crippen molar-refractivity contribution in [2.24, 2.45) is 0 Å². The van der Waals surface area contributed by atoms with E-state index < -0.39 is 11.6 Å². The number of nitrogens with zero attached hydrogens (tertiary/aromatic N) is 2. The van der Waals surface area contributed by atoms with Crippen molar-refractivity contribution in [3.05, 3.63) is 83.4 Å². The van der Waals surface area contributed by atoms with Gasteiger partial charge in [-0.3, -0.25) is 14.5 Å². The highest BCUT2D eigenvalue weighted by Crippen LogP contribution is 2.50. The molecule has 5 rings (SSSR count). The molecule has 0 radical (unpaired) electrons. The van der Waals surface area contributed by atoms with Gasteiger partial charge in [0.15, 0.2) is 0 Å². The van der Waals surface area contributed by atoms with Gasteiger partial charge in [-0.15, -0.1) is 0 Å². The summed E-state index contributed by atoms with van der Waals surface area (Å²) >= 11 is 0. The Kier molecular flexibility index (Phi) is 4.64. The summed E-state index contributed by atoms with van der Waals surface area (Å²) in [6.07, 6.45) is 0. The largest absolute Gasteiger partial charge is 0.497 e. The summed E-state index contributed by atoms with van der Waals surface area (Å²) in [5.74, 6) is 0.232. The number of rotatable bonds is 3. The Morgan fingerprint density at radius 1 is 0.938 bits per heavy atom. The van der Waals surface area contributed by atoms with Crippen LogP contribution in [0.1, 0.15) is 21.5 Å². The van der Waals surface area contributed by atoms with E-state index in [2.05, 4.69) is 0 Å². The maximum atomic E-state index is 14.1. The topological polar surface area (TPSA) is 68.3 Å². The summed E-state index contributed by atoms with van der Waals surface area (Å²) in [6, 6.07) is 19.8. The van der Waals surface area contributed by atoms with Gasteiger partial charge in [-0.05, 0) is 24.3 Å². The fraction of sp³-hybridized carbons (Fsp3) is 0.200. The maximum absolute atomic E-state index is 14.1. The summed E-state index contributed by atoms with van der Waals surface area (Å²) in [5.41, 5.74) is 1.50. The van der Waals surface area contributed by atoms with Gasteiger partial charge in [0.2, 0.25) is 0 Å². The number of hydrogen-bond acceptors (Lipinski definition) is 5. The van der Waals surface area contributed by atoms with E-state index in [1.165, 1.54) is 24.0 Å². The van der Waals surface area contributed by atoms with Gasteiger partial charge in [0.05, 0.1) is 32.2 Å². The molecule has 162 valence electrons. The number of methoxy groups -OCH3 is 2. The first kappa shape index (κ1) is 20.1. The molecule has 2 amide bonds. The van der Waals surface area contributed by atoms with Gasteiger partial charge in [-0.1, -0.05) is 36.4 Å². The molecule has 0 aromatic heterocycles. The van der Waals surface area contributed by atoms with Crippen LogP contribution in [0.5, 0.6) is 11.5 Å². The normalized spacial score (nSPS) is 19.0. The zero-order chi connectivity index (χ0) is 22.5. The van der Waals surface area contributed by atoms with E-state index in [1.807, 2.05) is 48.5 Å². The van der Waals surface area contributed by atoms with Crippen LogP contribution >= 0.6 is 0 Å². The van der Waals surface area contributed by atoms with Crippen LogP contribution in [0.4, 0.5) is 11.4 Å². The fourth-order valence-corrected chi connectivity index (χ4v) is 4.44. The minimum Gasteiger partial charge on any atom is -0.497 e. The smallest absolute Gasteiger partial charge is 0.285 e. The Hall–Kier alpha value is -3.84. The second kappa shape index (κ2) is 7.39. The van der Waals surface area contributed by atoms with E-state index >= 15 is 0 Å². The van der Waals surface area contributed by atoms with Crippen molar-refractivity contribution in [1.29, 1.82) is 0 Å². The fourth-order valence-electron chi connectivity index (χ4n) is 4.44. The third-order valence-corrected chi connectivity index (χ3v) is 6.01. The van der Waals surface area contributed by atoms with Crippen LogP contribution < -0.4 is 19.3 Å². The molecule has 1 spiro atoms. The number of fused-ring (bicyclic) bond motifs is 3. The molecule has 7 nitrogen and oxygen atoms in total. The van der Waals surface area contributed by atoms with Crippen LogP contribution in [-0.2, 0) is 21.9 Å². The number of carbonyl (C=O) groups excluding carboxylic acids is 2. The molecule has 0 saturated carbocycles. The third kappa shape index (κ3) is 2.71. The first-order valence-corrected chi connectivity index (χ1v) is 10.2. The first-order chi connectivity index (χ1) is 15.5. The lowest BCUT2D eigenvalue weighted by Gasteiger charge is -2.43. The summed E-state index contributed by atoms with van der Waals surface area (Å²) in [6.45, 7) is 0.204. The van der Waals surface area contributed by atoms with E-state index in [4.69, 9.17) is 14.2 Å². The number of ether oxygens (including phenoxy) is 3. The standard InChI is InChI=1S/C25H22N2O5/c1-26-22-11-7-5-9-20(22)25(24(26)29)27(21-10-6-4-8-16(21)15-32-25)23(28)17-12-18(30-2)14-19(13-17)31-3/h4-14H,15H2,1-3H3/t25-/m0/s1. The van der Waals surface area contributed by atoms with Gasteiger partial charge in [0.1, 0.15) is 11.5 Å². The highest BCUT2D eigenvalue weighted by atomic mass is 16.5. The number of carbonyl (C=O) groups is 2. The predicted octanol–water partition coefficient (Wildman–Crippen LogP) is 3.71. The Morgan fingerprint density at radius 2 is 1.56 bits per heavy atom. The van der Waals surface area contributed by atoms with E-state index in [-0.39, 0.29) is 12.5 Å². The highest BCUT2D eigenvalue weighted by Gasteiger charge is 2.59. The van der Waals surface area contributed by atoms with Gasteiger partial charge in [0, 0.05) is 29.8 Å². The van der Waals surface area contributed by atoms with E-state index in [9.17, 15) is 9.59 Å². The van der Waals surface area contributed by atoms with Crippen LogP contribution in [0.15, 0.2) is 66.7 Å². The Labute approximate surface area is 185 Å². The molecular formula is C25H22N2O5. The van der Waals surface area contributed by atoms with Crippen LogP contribution in [0.3, 0.4) is 0 Å².